The first-order valence-electron chi connectivity index (χ1n) is 8.93. The fraction of sp³-hybridized carbons (Fsp3) is 0.300. The monoisotopic (exact) mass is 368 g/mol. The minimum absolute atomic E-state index is 0.0277. The van der Waals surface area contributed by atoms with Crippen LogP contribution in [0.3, 0.4) is 0 Å². The number of nitrogens with one attached hydrogen (secondary N) is 1. The van der Waals surface area contributed by atoms with Crippen LogP contribution in [0.25, 0.3) is 0 Å². The van der Waals surface area contributed by atoms with Gasteiger partial charge in [0, 0.05) is 44.4 Å². The Bertz CT molecular complexity index is 787. The smallest absolute Gasteiger partial charge is 0.254 e. The molecule has 0 atom stereocenters. The third-order valence-corrected chi connectivity index (χ3v) is 4.49. The molecule has 142 valence electrons. The van der Waals surface area contributed by atoms with E-state index in [1.807, 2.05) is 18.2 Å². The molecule has 0 saturated carbocycles. The van der Waals surface area contributed by atoms with E-state index in [0.717, 1.165) is 32.7 Å². The predicted octanol–water partition coefficient (Wildman–Crippen LogP) is 1.37. The summed E-state index contributed by atoms with van der Waals surface area (Å²) in [5, 5.41) is 22.8. The van der Waals surface area contributed by atoms with Crippen molar-refractivity contribution in [1.29, 1.82) is 0 Å². The van der Waals surface area contributed by atoms with E-state index in [1.54, 1.807) is 0 Å². The van der Waals surface area contributed by atoms with Crippen molar-refractivity contribution in [2.75, 3.05) is 32.7 Å². The zero-order valence-electron chi connectivity index (χ0n) is 15.1. The number of carbonyl (C=O) groups excluding carboxylic acids is 1. The summed E-state index contributed by atoms with van der Waals surface area (Å²) >= 11 is 0. The summed E-state index contributed by atoms with van der Waals surface area (Å²) in [6, 6.07) is 14.6. The van der Waals surface area contributed by atoms with Gasteiger partial charge >= 0.3 is 0 Å². The predicted molar refractivity (Wildman–Crippen MR) is 104 cm³/mol. The number of rotatable bonds is 6. The van der Waals surface area contributed by atoms with E-state index < -0.39 is 0 Å². The van der Waals surface area contributed by atoms with Crippen LogP contribution >= 0.6 is 0 Å². The lowest BCUT2D eigenvalue weighted by atomic mass is 10.2. The molecule has 0 radical (unpaired) electrons. The van der Waals surface area contributed by atoms with Gasteiger partial charge in [0.2, 0.25) is 0 Å². The van der Waals surface area contributed by atoms with Crippen LogP contribution < -0.4 is 5.43 Å². The van der Waals surface area contributed by atoms with Crippen LogP contribution in [0.4, 0.5) is 0 Å². The van der Waals surface area contributed by atoms with E-state index in [0.29, 0.717) is 5.56 Å². The minimum atomic E-state index is -0.193. The highest BCUT2D eigenvalue weighted by Gasteiger charge is 2.18. The normalized spacial score (nSPS) is 15.9. The second-order valence-corrected chi connectivity index (χ2v) is 6.57. The second kappa shape index (κ2) is 9.16. The fourth-order valence-corrected chi connectivity index (χ4v) is 3.00. The molecule has 1 fully saturated rings. The maximum atomic E-state index is 12.0. The Morgan fingerprint density at radius 2 is 1.74 bits per heavy atom. The van der Waals surface area contributed by atoms with Crippen LogP contribution in [0.5, 0.6) is 11.5 Å². The first-order chi connectivity index (χ1) is 13.1. The average molecular weight is 368 g/mol. The van der Waals surface area contributed by atoms with Crippen molar-refractivity contribution in [3.05, 3.63) is 59.7 Å². The fourth-order valence-electron chi connectivity index (χ4n) is 3.00. The molecule has 0 aromatic heterocycles. The van der Waals surface area contributed by atoms with Crippen molar-refractivity contribution in [1.82, 2.24) is 15.2 Å². The topological polar surface area (TPSA) is 88.4 Å². The molecule has 1 aliphatic rings. The van der Waals surface area contributed by atoms with Crippen molar-refractivity contribution < 1.29 is 15.0 Å². The highest BCUT2D eigenvalue weighted by atomic mass is 16.3. The van der Waals surface area contributed by atoms with E-state index in [9.17, 15) is 15.0 Å². The molecule has 1 aliphatic heterocycles. The molecule has 0 spiro atoms. The second-order valence-electron chi connectivity index (χ2n) is 6.57. The third kappa shape index (κ3) is 5.80. The van der Waals surface area contributed by atoms with Crippen LogP contribution in [-0.4, -0.2) is 64.9 Å². The number of phenolic OH excluding ortho intramolecular Hbond substituents is 2. The Morgan fingerprint density at radius 1 is 1.04 bits per heavy atom. The molecular formula is C20H24N4O3. The minimum Gasteiger partial charge on any atom is -0.508 e. The van der Waals surface area contributed by atoms with Gasteiger partial charge in [-0.15, -0.1) is 0 Å². The van der Waals surface area contributed by atoms with Crippen LogP contribution in [0.15, 0.2) is 53.6 Å². The molecule has 1 saturated heterocycles. The maximum absolute atomic E-state index is 12.0. The molecule has 0 aliphatic carbocycles. The van der Waals surface area contributed by atoms with Crippen LogP contribution in [0.1, 0.15) is 11.1 Å². The van der Waals surface area contributed by atoms with Crippen LogP contribution in [0.2, 0.25) is 0 Å². The van der Waals surface area contributed by atoms with Gasteiger partial charge in [-0.05, 0) is 17.7 Å². The Kier molecular flexibility index (Phi) is 6.40. The number of piperazine rings is 1. The number of carbonyl (C=O) groups is 1. The number of aromatic hydroxyl groups is 2. The Labute approximate surface area is 158 Å². The number of benzene rings is 2. The highest BCUT2D eigenvalue weighted by molar-refractivity contribution is 5.85. The summed E-state index contributed by atoms with van der Waals surface area (Å²) < 4.78 is 0. The summed E-state index contributed by atoms with van der Waals surface area (Å²) in [6.07, 6.45) is 1.35. The van der Waals surface area contributed by atoms with Crippen LogP contribution in [0, 0.1) is 0 Å². The lowest BCUT2D eigenvalue weighted by Gasteiger charge is -2.34. The van der Waals surface area contributed by atoms with Gasteiger partial charge in [0.25, 0.3) is 5.91 Å². The SMILES string of the molecule is O=C(CN1CCN(Cc2ccccc2)CC1)N/N=C/c1ccc(O)cc1O. The molecule has 3 N–H and O–H groups in total. The molecule has 2 aromatic carbocycles. The lowest BCUT2D eigenvalue weighted by molar-refractivity contribution is -0.122. The highest BCUT2D eigenvalue weighted by Crippen LogP contribution is 2.20. The van der Waals surface area contributed by atoms with Crippen molar-refractivity contribution in [3.63, 3.8) is 0 Å². The first-order valence-corrected chi connectivity index (χ1v) is 8.93. The Morgan fingerprint density at radius 3 is 2.44 bits per heavy atom. The number of phenols is 2. The van der Waals surface area contributed by atoms with Gasteiger partial charge in [-0.25, -0.2) is 5.43 Å². The molecule has 7 heteroatoms. The van der Waals surface area contributed by atoms with E-state index in [4.69, 9.17) is 0 Å². The molecule has 27 heavy (non-hydrogen) atoms. The van der Waals surface area contributed by atoms with Crippen molar-refractivity contribution in [2.24, 2.45) is 5.10 Å². The largest absolute Gasteiger partial charge is 0.508 e. The Balaban J connectivity index is 1.39. The van der Waals surface area contributed by atoms with Gasteiger partial charge in [-0.2, -0.15) is 5.10 Å². The Hall–Kier alpha value is -2.90. The molecule has 2 aromatic rings. The summed E-state index contributed by atoms with van der Waals surface area (Å²) in [5.74, 6) is -0.316. The van der Waals surface area contributed by atoms with E-state index in [-0.39, 0.29) is 24.0 Å². The summed E-state index contributed by atoms with van der Waals surface area (Å²) in [4.78, 5) is 16.5. The standard InChI is InChI=1S/C20H24N4O3/c25-18-7-6-17(19(26)12-18)13-21-22-20(27)15-24-10-8-23(9-11-24)14-16-4-2-1-3-5-16/h1-7,12-13,25-26H,8-11,14-15H2,(H,22,27)/b21-13+. The first kappa shape index (κ1) is 18.9. The van der Waals surface area contributed by atoms with Gasteiger partial charge in [0.05, 0.1) is 12.8 Å². The molecule has 1 heterocycles. The quantitative estimate of drug-likeness (QED) is 0.529. The van der Waals surface area contributed by atoms with E-state index >= 15 is 0 Å². The maximum Gasteiger partial charge on any atom is 0.254 e. The third-order valence-electron chi connectivity index (χ3n) is 4.49. The number of hydrazone groups is 1. The van der Waals surface area contributed by atoms with Gasteiger partial charge in [0.15, 0.2) is 0 Å². The van der Waals surface area contributed by atoms with E-state index in [1.165, 1.54) is 30.0 Å². The number of hydrogen-bond acceptors (Lipinski definition) is 6. The number of hydrogen-bond donors (Lipinski definition) is 3. The molecule has 7 nitrogen and oxygen atoms in total. The summed E-state index contributed by atoms with van der Waals surface area (Å²) in [5.41, 5.74) is 4.19. The zero-order chi connectivity index (χ0) is 19.1. The zero-order valence-corrected chi connectivity index (χ0v) is 15.1. The van der Waals surface area contributed by atoms with Crippen molar-refractivity contribution in [3.8, 4) is 11.5 Å². The van der Waals surface area contributed by atoms with Crippen LogP contribution in [-0.2, 0) is 11.3 Å². The van der Waals surface area contributed by atoms with Gasteiger partial charge in [0.1, 0.15) is 11.5 Å². The van der Waals surface area contributed by atoms with Crippen molar-refractivity contribution >= 4 is 12.1 Å². The average Bonchev–Trinajstić information content (AvgIpc) is 2.66. The number of amides is 1. The molecular weight excluding hydrogens is 344 g/mol. The lowest BCUT2D eigenvalue weighted by Crippen LogP contribution is -2.48. The summed E-state index contributed by atoms with van der Waals surface area (Å²) in [6.45, 7) is 4.74. The van der Waals surface area contributed by atoms with E-state index in [2.05, 4.69) is 32.5 Å². The van der Waals surface area contributed by atoms with Gasteiger partial charge < -0.3 is 10.2 Å². The number of nitrogens with zero attached hydrogens (tertiary/aromatic N) is 3. The van der Waals surface area contributed by atoms with Crippen molar-refractivity contribution in [2.45, 2.75) is 6.54 Å². The molecule has 3 rings (SSSR count). The van der Waals surface area contributed by atoms with Gasteiger partial charge in [-0.1, -0.05) is 30.3 Å². The molecule has 0 bridgehead atoms. The van der Waals surface area contributed by atoms with Gasteiger partial charge in [-0.3, -0.25) is 14.6 Å². The summed E-state index contributed by atoms with van der Waals surface area (Å²) in [7, 11) is 0. The molecule has 1 amide bonds. The molecule has 0 unspecified atom stereocenters.